The van der Waals surface area contributed by atoms with Gasteiger partial charge in [0.2, 0.25) is 0 Å². The summed E-state index contributed by atoms with van der Waals surface area (Å²) in [4.78, 5) is 9.92. The number of aliphatic imine (C=N–C) groups is 2. The molecule has 2 N–H and O–H groups in total. The van der Waals surface area contributed by atoms with E-state index >= 15 is 0 Å². The van der Waals surface area contributed by atoms with Gasteiger partial charge >= 0.3 is 0 Å². The van der Waals surface area contributed by atoms with Gasteiger partial charge in [-0.3, -0.25) is 9.98 Å². The molecule has 0 aliphatic heterocycles. The Morgan fingerprint density at radius 2 is 1.06 bits per heavy atom. The third kappa shape index (κ3) is 6.57. The molecule has 1 saturated carbocycles. The Morgan fingerprint density at radius 1 is 0.694 bits per heavy atom. The first-order valence-electron chi connectivity index (χ1n) is 13.6. The molecule has 2 atom stereocenters. The number of aryl methyl sites for hydroxylation is 2. The number of phenolic OH excluding ortho intramolecular Hbond substituents is 2. The van der Waals surface area contributed by atoms with Gasteiger partial charge in [-0.1, -0.05) is 80.4 Å². The van der Waals surface area contributed by atoms with Gasteiger partial charge in [0, 0.05) is 34.7 Å². The molecule has 0 spiro atoms. The number of phenols is 2. The number of rotatable bonds is 6. The maximum absolute atomic E-state index is 11.0. The van der Waals surface area contributed by atoms with Crippen LogP contribution >= 0.6 is 0 Å². The highest BCUT2D eigenvalue weighted by Crippen LogP contribution is 2.36. The molecule has 1 fully saturated rings. The molecule has 1 aliphatic rings. The van der Waals surface area contributed by atoms with Crippen LogP contribution in [0.5, 0.6) is 11.5 Å². The summed E-state index contributed by atoms with van der Waals surface area (Å²) < 4.78 is 0. The van der Waals surface area contributed by atoms with Crippen molar-refractivity contribution in [1.82, 2.24) is 0 Å². The lowest BCUT2D eigenvalue weighted by Gasteiger charge is -2.26. The van der Waals surface area contributed by atoms with E-state index in [1.165, 1.54) is 11.1 Å². The second kappa shape index (κ2) is 11.2. The number of benzene rings is 2. The molecule has 0 heterocycles. The van der Waals surface area contributed by atoms with E-state index < -0.39 is 0 Å². The van der Waals surface area contributed by atoms with Gasteiger partial charge in [0.05, 0.1) is 12.1 Å². The normalized spacial score (nSPS) is 19.4. The molecule has 196 valence electrons. The Labute approximate surface area is 218 Å². The minimum atomic E-state index is -0.142. The molecule has 1 aliphatic carbocycles. The summed E-state index contributed by atoms with van der Waals surface area (Å²) in [5, 5.41) is 22.0. The Morgan fingerprint density at radius 3 is 1.36 bits per heavy atom. The molecule has 0 aromatic heterocycles. The van der Waals surface area contributed by atoms with Crippen LogP contribution in [0.2, 0.25) is 0 Å². The lowest BCUT2D eigenvalue weighted by molar-refractivity contribution is 0.390. The van der Waals surface area contributed by atoms with Crippen molar-refractivity contribution >= 4 is 12.4 Å². The zero-order valence-corrected chi connectivity index (χ0v) is 23.7. The van der Waals surface area contributed by atoms with E-state index in [2.05, 4.69) is 79.7 Å². The van der Waals surface area contributed by atoms with Crippen molar-refractivity contribution in [2.24, 2.45) is 9.98 Å². The molecule has 36 heavy (non-hydrogen) atoms. The third-order valence-electron chi connectivity index (χ3n) is 7.34. The van der Waals surface area contributed by atoms with Crippen molar-refractivity contribution in [3.05, 3.63) is 57.6 Å². The molecule has 2 aromatic carbocycles. The topological polar surface area (TPSA) is 65.2 Å². The van der Waals surface area contributed by atoms with Crippen LogP contribution in [-0.2, 0) is 23.7 Å². The minimum Gasteiger partial charge on any atom is -0.507 e. The molecule has 2 aromatic rings. The molecule has 0 radical (unpaired) electrons. The Kier molecular flexibility index (Phi) is 8.69. The maximum Gasteiger partial charge on any atom is 0.128 e. The maximum atomic E-state index is 11.0. The lowest BCUT2D eigenvalue weighted by atomic mass is 9.83. The highest BCUT2D eigenvalue weighted by molar-refractivity contribution is 5.86. The van der Waals surface area contributed by atoms with E-state index in [1.54, 1.807) is 0 Å². The SMILES string of the molecule is CCc1cc(/C=N/[C@@H]2CCCC[C@H]2/N=C/c2cc(CC)cc(C(C)(C)C)c2O)c(O)c(C(C)(C)C)c1. The minimum absolute atomic E-state index is 0.0661. The van der Waals surface area contributed by atoms with Gasteiger partial charge in [-0.2, -0.15) is 0 Å². The van der Waals surface area contributed by atoms with Crippen LogP contribution in [0.15, 0.2) is 34.3 Å². The molecule has 0 amide bonds. The number of nitrogens with zero attached hydrogens (tertiary/aromatic N) is 2. The van der Waals surface area contributed by atoms with Crippen LogP contribution in [0.25, 0.3) is 0 Å². The molecule has 3 rings (SSSR count). The van der Waals surface area contributed by atoms with E-state index in [1.807, 2.05) is 12.4 Å². The van der Waals surface area contributed by atoms with Crippen LogP contribution < -0.4 is 0 Å². The Bertz CT molecular complexity index is 1030. The van der Waals surface area contributed by atoms with Crippen molar-refractivity contribution < 1.29 is 10.2 Å². The average molecular weight is 491 g/mol. The molecule has 4 nitrogen and oxygen atoms in total. The van der Waals surface area contributed by atoms with Gasteiger partial charge in [-0.15, -0.1) is 0 Å². The van der Waals surface area contributed by atoms with Crippen molar-refractivity contribution in [1.29, 1.82) is 0 Å². The van der Waals surface area contributed by atoms with Crippen LogP contribution in [0, 0.1) is 0 Å². The molecule has 0 unspecified atom stereocenters. The van der Waals surface area contributed by atoms with Gasteiger partial charge in [0.25, 0.3) is 0 Å². The fourth-order valence-corrected chi connectivity index (χ4v) is 4.98. The van der Waals surface area contributed by atoms with Crippen molar-refractivity contribution in [3.8, 4) is 11.5 Å². The lowest BCUT2D eigenvalue weighted by Crippen LogP contribution is -2.27. The summed E-state index contributed by atoms with van der Waals surface area (Å²) in [6.07, 6.45) is 9.76. The average Bonchev–Trinajstić information content (AvgIpc) is 2.81. The van der Waals surface area contributed by atoms with E-state index in [9.17, 15) is 10.2 Å². The zero-order valence-electron chi connectivity index (χ0n) is 23.7. The van der Waals surface area contributed by atoms with Gasteiger partial charge in [0.15, 0.2) is 0 Å². The summed E-state index contributed by atoms with van der Waals surface area (Å²) >= 11 is 0. The monoisotopic (exact) mass is 490 g/mol. The van der Waals surface area contributed by atoms with Gasteiger partial charge in [-0.05, 0) is 59.8 Å². The van der Waals surface area contributed by atoms with E-state index in [0.717, 1.165) is 60.8 Å². The predicted octanol–water partition coefficient (Wildman–Crippen LogP) is 7.67. The summed E-state index contributed by atoms with van der Waals surface area (Å²) in [7, 11) is 0. The largest absolute Gasteiger partial charge is 0.507 e. The Balaban J connectivity index is 1.92. The number of aromatic hydroxyl groups is 2. The van der Waals surface area contributed by atoms with Crippen LogP contribution in [0.1, 0.15) is 114 Å². The quantitative estimate of drug-likeness (QED) is 0.408. The zero-order chi connectivity index (χ0) is 26.7. The third-order valence-corrected chi connectivity index (χ3v) is 7.34. The molecule has 0 saturated heterocycles. The molecular weight excluding hydrogens is 444 g/mol. The fourth-order valence-electron chi connectivity index (χ4n) is 4.98. The Hall–Kier alpha value is -2.62. The summed E-state index contributed by atoms with van der Waals surface area (Å²) in [6, 6.07) is 8.47. The van der Waals surface area contributed by atoms with Crippen LogP contribution in [0.4, 0.5) is 0 Å². The first kappa shape index (κ1) is 28.0. The smallest absolute Gasteiger partial charge is 0.128 e. The number of hydrogen-bond donors (Lipinski definition) is 2. The highest BCUT2D eigenvalue weighted by Gasteiger charge is 2.25. The summed E-state index contributed by atoms with van der Waals surface area (Å²) in [5.41, 5.74) is 5.63. The number of hydrogen-bond acceptors (Lipinski definition) is 4. The molecule has 0 bridgehead atoms. The standard InChI is InChI=1S/C32H46N2O2/c1-9-21-15-23(29(35)25(17-21)31(3,4)5)19-33-27-13-11-12-14-28(27)34-20-24-16-22(10-2)18-26(30(24)36)32(6,7)8/h15-20,27-28,35-36H,9-14H2,1-8H3/b33-19+,34-20+/t27-,28-/m1/s1. The van der Waals surface area contributed by atoms with E-state index in [4.69, 9.17) is 9.98 Å². The molecular formula is C32H46N2O2. The fraction of sp³-hybridized carbons (Fsp3) is 0.562. The van der Waals surface area contributed by atoms with Crippen molar-refractivity contribution in [2.75, 3.05) is 0 Å². The summed E-state index contributed by atoms with van der Waals surface area (Å²) in [5.74, 6) is 0.658. The van der Waals surface area contributed by atoms with Crippen LogP contribution in [0.3, 0.4) is 0 Å². The second-order valence-corrected chi connectivity index (χ2v) is 12.3. The highest BCUT2D eigenvalue weighted by atomic mass is 16.3. The second-order valence-electron chi connectivity index (χ2n) is 12.3. The van der Waals surface area contributed by atoms with Gasteiger partial charge in [-0.25, -0.2) is 0 Å². The van der Waals surface area contributed by atoms with Gasteiger partial charge < -0.3 is 10.2 Å². The first-order chi connectivity index (χ1) is 16.8. The first-order valence-corrected chi connectivity index (χ1v) is 13.6. The van der Waals surface area contributed by atoms with E-state index in [0.29, 0.717) is 11.5 Å². The van der Waals surface area contributed by atoms with Gasteiger partial charge in [0.1, 0.15) is 11.5 Å². The van der Waals surface area contributed by atoms with E-state index in [-0.39, 0.29) is 22.9 Å². The van der Waals surface area contributed by atoms with Crippen molar-refractivity contribution in [3.63, 3.8) is 0 Å². The molecule has 4 heteroatoms. The van der Waals surface area contributed by atoms with Crippen molar-refractivity contribution in [2.45, 2.75) is 117 Å². The van der Waals surface area contributed by atoms with Crippen LogP contribution in [-0.4, -0.2) is 34.7 Å². The predicted molar refractivity (Wildman–Crippen MR) is 154 cm³/mol. The summed E-state index contributed by atoms with van der Waals surface area (Å²) in [6.45, 7) is 17.0.